The molecule has 0 spiro atoms. The summed E-state index contributed by atoms with van der Waals surface area (Å²) in [6, 6.07) is 9.01. The summed E-state index contributed by atoms with van der Waals surface area (Å²) >= 11 is 0. The number of hydrogen-bond acceptors (Lipinski definition) is 1. The van der Waals surface area contributed by atoms with E-state index in [-0.39, 0.29) is 0 Å². The fourth-order valence-electron chi connectivity index (χ4n) is 2.15. The highest BCUT2D eigenvalue weighted by Gasteiger charge is 2.12. The van der Waals surface area contributed by atoms with E-state index in [9.17, 15) is 0 Å². The minimum atomic E-state index is 0.621. The first-order chi connectivity index (χ1) is 7.66. The summed E-state index contributed by atoms with van der Waals surface area (Å²) in [5.74, 6) is 0.621. The van der Waals surface area contributed by atoms with E-state index in [1.54, 1.807) is 0 Å². The van der Waals surface area contributed by atoms with Gasteiger partial charge >= 0.3 is 0 Å². The van der Waals surface area contributed by atoms with Crippen molar-refractivity contribution in [2.45, 2.75) is 32.6 Å². The molecular weight excluding hydrogens is 194 g/mol. The maximum absolute atomic E-state index is 4.05. The van der Waals surface area contributed by atoms with E-state index in [0.717, 1.165) is 25.9 Å². The Morgan fingerprint density at radius 2 is 1.62 bits per heavy atom. The molecule has 0 saturated carbocycles. The molecule has 1 aliphatic rings. The third-order valence-corrected chi connectivity index (χ3v) is 3.40. The van der Waals surface area contributed by atoms with Crippen LogP contribution in [0, 0.1) is 0 Å². The molecule has 0 bridgehead atoms. The molecule has 1 aromatic carbocycles. The summed E-state index contributed by atoms with van der Waals surface area (Å²) in [5.41, 5.74) is 4.18. The highest BCUT2D eigenvalue weighted by atomic mass is 15.1. The highest BCUT2D eigenvalue weighted by molar-refractivity contribution is 5.49. The monoisotopic (exact) mass is 215 g/mol. The van der Waals surface area contributed by atoms with Gasteiger partial charge in [-0.15, -0.1) is 0 Å². The first-order valence-electron chi connectivity index (χ1n) is 6.18. The van der Waals surface area contributed by atoms with E-state index in [4.69, 9.17) is 0 Å². The van der Waals surface area contributed by atoms with Gasteiger partial charge in [-0.05, 0) is 36.5 Å². The van der Waals surface area contributed by atoms with Crippen molar-refractivity contribution < 1.29 is 0 Å². The number of anilines is 1. The van der Waals surface area contributed by atoms with Crippen molar-refractivity contribution >= 4 is 5.69 Å². The fourth-order valence-corrected chi connectivity index (χ4v) is 2.15. The summed E-state index contributed by atoms with van der Waals surface area (Å²) in [6.45, 7) is 10.8. The maximum Gasteiger partial charge on any atom is 0.0366 e. The van der Waals surface area contributed by atoms with Crippen LogP contribution in [0.4, 0.5) is 5.69 Å². The van der Waals surface area contributed by atoms with E-state index in [0.29, 0.717) is 5.92 Å². The van der Waals surface area contributed by atoms with Gasteiger partial charge in [0.05, 0.1) is 0 Å². The second kappa shape index (κ2) is 4.73. The Balaban J connectivity index is 2.07. The molecule has 0 atom stereocenters. The predicted octanol–water partition coefficient (Wildman–Crippen LogP) is 3.97. The molecule has 1 heteroatoms. The Bertz CT molecular complexity index is 352. The van der Waals surface area contributed by atoms with Gasteiger partial charge in [-0.3, -0.25) is 0 Å². The summed E-state index contributed by atoms with van der Waals surface area (Å²) in [7, 11) is 0. The van der Waals surface area contributed by atoms with Crippen molar-refractivity contribution in [2.75, 3.05) is 18.0 Å². The van der Waals surface area contributed by atoms with E-state index in [2.05, 4.69) is 49.6 Å². The number of hydrogen-bond donors (Lipinski definition) is 0. The topological polar surface area (TPSA) is 3.24 Å². The van der Waals surface area contributed by atoms with Crippen LogP contribution in [0.1, 0.15) is 38.2 Å². The van der Waals surface area contributed by atoms with E-state index in [1.807, 2.05) is 0 Å². The Hall–Kier alpha value is -1.24. The molecule has 16 heavy (non-hydrogen) atoms. The molecule has 86 valence electrons. The van der Waals surface area contributed by atoms with Crippen LogP contribution >= 0.6 is 0 Å². The number of piperidine rings is 1. The smallest absolute Gasteiger partial charge is 0.0366 e. The number of nitrogens with zero attached hydrogens (tertiary/aromatic N) is 1. The van der Waals surface area contributed by atoms with Gasteiger partial charge < -0.3 is 4.90 Å². The van der Waals surface area contributed by atoms with Crippen molar-refractivity contribution in [1.82, 2.24) is 0 Å². The lowest BCUT2D eigenvalue weighted by molar-refractivity contribution is 0.687. The minimum Gasteiger partial charge on any atom is -0.371 e. The van der Waals surface area contributed by atoms with Crippen LogP contribution in [-0.2, 0) is 0 Å². The summed E-state index contributed by atoms with van der Waals surface area (Å²) in [5, 5.41) is 0. The Morgan fingerprint density at radius 3 is 2.12 bits per heavy atom. The van der Waals surface area contributed by atoms with Gasteiger partial charge in [0.25, 0.3) is 0 Å². The third-order valence-electron chi connectivity index (χ3n) is 3.40. The maximum atomic E-state index is 4.05. The molecule has 0 amide bonds. The standard InChI is InChI=1S/C15H21N/c1-12(2)14-4-6-15(7-5-14)16-10-8-13(3)9-11-16/h4-7,12H,3,8-11H2,1-2H3. The van der Waals surface area contributed by atoms with Crippen LogP contribution in [0.15, 0.2) is 36.4 Å². The van der Waals surface area contributed by atoms with E-state index >= 15 is 0 Å². The van der Waals surface area contributed by atoms with Crippen molar-refractivity contribution in [3.63, 3.8) is 0 Å². The van der Waals surface area contributed by atoms with Crippen LogP contribution in [0.5, 0.6) is 0 Å². The van der Waals surface area contributed by atoms with Gasteiger partial charge in [0.2, 0.25) is 0 Å². The molecule has 0 aromatic heterocycles. The summed E-state index contributed by atoms with van der Waals surface area (Å²) in [6.07, 6.45) is 2.29. The van der Waals surface area contributed by atoms with Crippen molar-refractivity contribution in [3.05, 3.63) is 42.0 Å². The first kappa shape index (κ1) is 11.3. The van der Waals surface area contributed by atoms with Gasteiger partial charge in [-0.2, -0.15) is 0 Å². The number of benzene rings is 1. The fraction of sp³-hybridized carbons (Fsp3) is 0.467. The number of rotatable bonds is 2. The average Bonchev–Trinajstić information content (AvgIpc) is 2.30. The third kappa shape index (κ3) is 2.46. The molecule has 1 heterocycles. The molecule has 0 aliphatic carbocycles. The molecule has 0 N–H and O–H groups in total. The molecule has 1 aromatic rings. The van der Waals surface area contributed by atoms with Crippen molar-refractivity contribution in [2.24, 2.45) is 0 Å². The second-order valence-corrected chi connectivity index (χ2v) is 4.98. The SMILES string of the molecule is C=C1CCN(c2ccc(C(C)C)cc2)CC1. The largest absolute Gasteiger partial charge is 0.371 e. The van der Waals surface area contributed by atoms with Gasteiger partial charge in [0.15, 0.2) is 0 Å². The molecule has 1 saturated heterocycles. The molecule has 0 radical (unpaired) electrons. The minimum absolute atomic E-state index is 0.621. The predicted molar refractivity (Wildman–Crippen MR) is 71.1 cm³/mol. The van der Waals surface area contributed by atoms with Crippen LogP contribution in [0.2, 0.25) is 0 Å². The van der Waals surface area contributed by atoms with Crippen LogP contribution in [-0.4, -0.2) is 13.1 Å². The lowest BCUT2D eigenvalue weighted by Crippen LogP contribution is -2.30. The van der Waals surface area contributed by atoms with Crippen LogP contribution in [0.3, 0.4) is 0 Å². The summed E-state index contributed by atoms with van der Waals surface area (Å²) < 4.78 is 0. The molecule has 1 fully saturated rings. The van der Waals surface area contributed by atoms with Crippen molar-refractivity contribution in [3.8, 4) is 0 Å². The first-order valence-corrected chi connectivity index (χ1v) is 6.18. The second-order valence-electron chi connectivity index (χ2n) is 4.98. The zero-order chi connectivity index (χ0) is 11.5. The Labute approximate surface area is 98.8 Å². The van der Waals surface area contributed by atoms with E-state index in [1.165, 1.54) is 16.8 Å². The lowest BCUT2D eigenvalue weighted by Gasteiger charge is -2.30. The molecule has 0 unspecified atom stereocenters. The van der Waals surface area contributed by atoms with E-state index < -0.39 is 0 Å². The zero-order valence-electron chi connectivity index (χ0n) is 10.4. The average molecular weight is 215 g/mol. The van der Waals surface area contributed by atoms with Crippen molar-refractivity contribution in [1.29, 1.82) is 0 Å². The zero-order valence-corrected chi connectivity index (χ0v) is 10.4. The Kier molecular flexibility index (Phi) is 3.33. The normalized spacial score (nSPS) is 16.9. The van der Waals surface area contributed by atoms with Gasteiger partial charge in [0.1, 0.15) is 0 Å². The van der Waals surface area contributed by atoms with Crippen LogP contribution in [0.25, 0.3) is 0 Å². The highest BCUT2D eigenvalue weighted by Crippen LogP contribution is 2.24. The van der Waals surface area contributed by atoms with Gasteiger partial charge in [0, 0.05) is 18.8 Å². The lowest BCUT2D eigenvalue weighted by atomic mass is 10.0. The Morgan fingerprint density at radius 1 is 1.06 bits per heavy atom. The molecule has 1 aliphatic heterocycles. The summed E-state index contributed by atoms with van der Waals surface area (Å²) in [4.78, 5) is 2.46. The quantitative estimate of drug-likeness (QED) is 0.675. The molecule has 2 rings (SSSR count). The van der Waals surface area contributed by atoms with Gasteiger partial charge in [-0.1, -0.05) is 38.1 Å². The molecular formula is C15H21N. The van der Waals surface area contributed by atoms with Crippen LogP contribution < -0.4 is 4.90 Å². The molecule has 1 nitrogen and oxygen atoms in total. The van der Waals surface area contributed by atoms with Gasteiger partial charge in [-0.25, -0.2) is 0 Å².